The molecule has 1 atom stereocenters. The Bertz CT molecular complexity index is 412. The lowest BCUT2D eigenvalue weighted by Gasteiger charge is -2.24. The van der Waals surface area contributed by atoms with Crippen LogP contribution in [0.2, 0.25) is 0 Å². The number of nitrogens with one attached hydrogen (secondary N) is 1. The van der Waals surface area contributed by atoms with E-state index in [0.29, 0.717) is 18.7 Å². The zero-order valence-electron chi connectivity index (χ0n) is 10.0. The van der Waals surface area contributed by atoms with Crippen LogP contribution in [0.15, 0.2) is 24.3 Å². The van der Waals surface area contributed by atoms with E-state index in [9.17, 15) is 4.79 Å². The summed E-state index contributed by atoms with van der Waals surface area (Å²) in [5.41, 5.74) is 6.87. The number of benzene rings is 1. The Balaban J connectivity index is 2.06. The second kappa shape index (κ2) is 4.85. The van der Waals surface area contributed by atoms with Crippen molar-refractivity contribution >= 4 is 5.91 Å². The van der Waals surface area contributed by atoms with Gasteiger partial charge in [-0.2, -0.15) is 0 Å². The molecule has 0 aliphatic carbocycles. The molecule has 2 rings (SSSR count). The van der Waals surface area contributed by atoms with E-state index in [0.717, 1.165) is 18.6 Å². The Kier molecular flexibility index (Phi) is 3.45. The van der Waals surface area contributed by atoms with Gasteiger partial charge in [-0.15, -0.1) is 0 Å². The monoisotopic (exact) mass is 234 g/mol. The van der Waals surface area contributed by atoms with Crippen molar-refractivity contribution in [2.45, 2.75) is 25.4 Å². The summed E-state index contributed by atoms with van der Waals surface area (Å²) in [4.78, 5) is 11.3. The topological polar surface area (TPSA) is 64.3 Å². The SMILES string of the molecule is CC1(NCc2ccccc2C(N)=O)CCOC1. The van der Waals surface area contributed by atoms with Gasteiger partial charge in [-0.1, -0.05) is 18.2 Å². The molecule has 1 aromatic carbocycles. The summed E-state index contributed by atoms with van der Waals surface area (Å²) in [6, 6.07) is 7.42. The first-order valence-corrected chi connectivity index (χ1v) is 5.81. The van der Waals surface area contributed by atoms with Crippen LogP contribution in [0.5, 0.6) is 0 Å². The van der Waals surface area contributed by atoms with Crippen molar-refractivity contribution in [3.8, 4) is 0 Å². The van der Waals surface area contributed by atoms with Crippen LogP contribution in [0.3, 0.4) is 0 Å². The molecule has 1 heterocycles. The van der Waals surface area contributed by atoms with Gasteiger partial charge in [-0.05, 0) is 25.0 Å². The first-order valence-electron chi connectivity index (χ1n) is 5.81. The van der Waals surface area contributed by atoms with Crippen LogP contribution in [-0.2, 0) is 11.3 Å². The molecule has 0 spiro atoms. The summed E-state index contributed by atoms with van der Waals surface area (Å²) in [5, 5.41) is 3.44. The molecule has 0 saturated carbocycles. The minimum absolute atomic E-state index is 0.00472. The molecule has 92 valence electrons. The summed E-state index contributed by atoms with van der Waals surface area (Å²) < 4.78 is 5.37. The van der Waals surface area contributed by atoms with Crippen LogP contribution in [-0.4, -0.2) is 24.7 Å². The number of ether oxygens (including phenoxy) is 1. The van der Waals surface area contributed by atoms with Crippen LogP contribution in [0.4, 0.5) is 0 Å². The minimum atomic E-state index is -0.379. The highest BCUT2D eigenvalue weighted by atomic mass is 16.5. The standard InChI is InChI=1S/C13H18N2O2/c1-13(6-7-17-9-13)15-8-10-4-2-3-5-11(10)12(14)16/h2-5,15H,6-9H2,1H3,(H2,14,16). The normalized spacial score (nSPS) is 23.8. The maximum absolute atomic E-state index is 11.3. The van der Waals surface area contributed by atoms with Crippen LogP contribution < -0.4 is 11.1 Å². The smallest absolute Gasteiger partial charge is 0.249 e. The maximum Gasteiger partial charge on any atom is 0.249 e. The molecule has 1 aromatic rings. The Labute approximate surface area is 101 Å². The molecule has 1 aliphatic rings. The number of primary amides is 1. The van der Waals surface area contributed by atoms with Gasteiger partial charge < -0.3 is 15.8 Å². The maximum atomic E-state index is 11.3. The lowest BCUT2D eigenvalue weighted by Crippen LogP contribution is -2.42. The van der Waals surface area contributed by atoms with E-state index >= 15 is 0 Å². The summed E-state index contributed by atoms with van der Waals surface area (Å²) in [7, 11) is 0. The van der Waals surface area contributed by atoms with E-state index in [-0.39, 0.29) is 11.4 Å². The molecule has 4 heteroatoms. The van der Waals surface area contributed by atoms with Gasteiger partial charge in [0.15, 0.2) is 0 Å². The van der Waals surface area contributed by atoms with E-state index in [1.165, 1.54) is 0 Å². The van der Waals surface area contributed by atoms with Crippen molar-refractivity contribution in [2.75, 3.05) is 13.2 Å². The highest BCUT2D eigenvalue weighted by Gasteiger charge is 2.28. The third-order valence-corrected chi connectivity index (χ3v) is 3.21. The first kappa shape index (κ1) is 12.1. The molecule has 0 bridgehead atoms. The quantitative estimate of drug-likeness (QED) is 0.818. The number of rotatable bonds is 4. The van der Waals surface area contributed by atoms with E-state index < -0.39 is 0 Å². The van der Waals surface area contributed by atoms with Crippen molar-refractivity contribution in [1.82, 2.24) is 5.32 Å². The van der Waals surface area contributed by atoms with Gasteiger partial charge in [0, 0.05) is 24.3 Å². The van der Waals surface area contributed by atoms with Crippen LogP contribution in [0.25, 0.3) is 0 Å². The van der Waals surface area contributed by atoms with Gasteiger partial charge in [0.1, 0.15) is 0 Å². The van der Waals surface area contributed by atoms with Crippen molar-refractivity contribution < 1.29 is 9.53 Å². The van der Waals surface area contributed by atoms with Crippen molar-refractivity contribution in [3.05, 3.63) is 35.4 Å². The Morgan fingerprint density at radius 3 is 2.94 bits per heavy atom. The number of nitrogens with two attached hydrogens (primary N) is 1. The summed E-state index contributed by atoms with van der Waals surface area (Å²) in [5.74, 6) is -0.379. The van der Waals surface area contributed by atoms with Crippen molar-refractivity contribution in [2.24, 2.45) is 5.73 Å². The Hall–Kier alpha value is -1.39. The number of amides is 1. The number of carbonyl (C=O) groups is 1. The van der Waals surface area contributed by atoms with Crippen LogP contribution in [0.1, 0.15) is 29.3 Å². The fourth-order valence-electron chi connectivity index (χ4n) is 2.03. The average Bonchev–Trinajstić information content (AvgIpc) is 2.74. The second-order valence-corrected chi connectivity index (χ2v) is 4.74. The average molecular weight is 234 g/mol. The minimum Gasteiger partial charge on any atom is -0.379 e. The lowest BCUT2D eigenvalue weighted by atomic mass is 10.00. The van der Waals surface area contributed by atoms with Gasteiger partial charge in [-0.25, -0.2) is 0 Å². The lowest BCUT2D eigenvalue weighted by molar-refractivity contribution is 0.0999. The highest BCUT2D eigenvalue weighted by Crippen LogP contribution is 2.19. The third kappa shape index (κ3) is 2.84. The molecule has 17 heavy (non-hydrogen) atoms. The van der Waals surface area contributed by atoms with Crippen molar-refractivity contribution in [1.29, 1.82) is 0 Å². The number of hydrogen-bond acceptors (Lipinski definition) is 3. The zero-order chi connectivity index (χ0) is 12.3. The zero-order valence-corrected chi connectivity index (χ0v) is 10.0. The van der Waals surface area contributed by atoms with E-state index in [2.05, 4.69) is 12.2 Å². The number of hydrogen-bond donors (Lipinski definition) is 2. The largest absolute Gasteiger partial charge is 0.379 e. The molecule has 0 aromatic heterocycles. The molecule has 1 aliphatic heterocycles. The van der Waals surface area contributed by atoms with E-state index in [1.807, 2.05) is 18.2 Å². The molecule has 4 nitrogen and oxygen atoms in total. The van der Waals surface area contributed by atoms with Crippen LogP contribution >= 0.6 is 0 Å². The molecular weight excluding hydrogens is 216 g/mol. The van der Waals surface area contributed by atoms with E-state index in [1.54, 1.807) is 6.07 Å². The molecule has 1 saturated heterocycles. The predicted octanol–water partition coefficient (Wildman–Crippen LogP) is 1.05. The van der Waals surface area contributed by atoms with Crippen molar-refractivity contribution in [3.63, 3.8) is 0 Å². The summed E-state index contributed by atoms with van der Waals surface area (Å²) in [6.07, 6.45) is 0.992. The van der Waals surface area contributed by atoms with Gasteiger partial charge in [0.05, 0.1) is 6.61 Å². The summed E-state index contributed by atoms with van der Waals surface area (Å²) >= 11 is 0. The summed E-state index contributed by atoms with van der Waals surface area (Å²) in [6.45, 7) is 4.28. The first-order chi connectivity index (χ1) is 8.11. The fraction of sp³-hybridized carbons (Fsp3) is 0.462. The predicted molar refractivity (Wildman–Crippen MR) is 65.6 cm³/mol. The number of carbonyl (C=O) groups excluding carboxylic acids is 1. The van der Waals surface area contributed by atoms with E-state index in [4.69, 9.17) is 10.5 Å². The second-order valence-electron chi connectivity index (χ2n) is 4.74. The van der Waals surface area contributed by atoms with Gasteiger partial charge in [-0.3, -0.25) is 4.79 Å². The molecule has 1 amide bonds. The Morgan fingerprint density at radius 1 is 1.53 bits per heavy atom. The molecule has 1 unspecified atom stereocenters. The highest BCUT2D eigenvalue weighted by molar-refractivity contribution is 5.94. The molecular formula is C13H18N2O2. The fourth-order valence-corrected chi connectivity index (χ4v) is 2.03. The molecule has 1 fully saturated rings. The molecule has 0 radical (unpaired) electrons. The van der Waals surface area contributed by atoms with Crippen LogP contribution in [0, 0.1) is 0 Å². The van der Waals surface area contributed by atoms with Gasteiger partial charge in [0.25, 0.3) is 0 Å². The molecule has 3 N–H and O–H groups in total. The van der Waals surface area contributed by atoms with Gasteiger partial charge >= 0.3 is 0 Å². The van der Waals surface area contributed by atoms with Gasteiger partial charge in [0.2, 0.25) is 5.91 Å². The Morgan fingerprint density at radius 2 is 2.29 bits per heavy atom. The third-order valence-electron chi connectivity index (χ3n) is 3.21.